The second-order valence-corrected chi connectivity index (χ2v) is 10.1. The van der Waals surface area contributed by atoms with Crippen LogP contribution in [0.1, 0.15) is 30.5 Å². The molecule has 192 valence electrons. The maximum atomic E-state index is 13.2. The van der Waals surface area contributed by atoms with Gasteiger partial charge in [-0.25, -0.2) is 4.39 Å². The van der Waals surface area contributed by atoms with Crippen molar-refractivity contribution in [1.82, 2.24) is 19.6 Å². The predicted octanol–water partition coefficient (Wildman–Crippen LogP) is 3.89. The van der Waals surface area contributed by atoms with Gasteiger partial charge in [0.25, 0.3) is 0 Å². The summed E-state index contributed by atoms with van der Waals surface area (Å²) in [6, 6.07) is 12.4. The molecule has 2 aromatic carbocycles. The van der Waals surface area contributed by atoms with Gasteiger partial charge in [-0.15, -0.1) is 0 Å². The molecule has 2 heterocycles. The maximum Gasteiger partial charge on any atom is 0.246 e. The molecule has 36 heavy (non-hydrogen) atoms. The molecule has 0 spiro atoms. The molecule has 8 heteroatoms. The van der Waals surface area contributed by atoms with E-state index in [0.29, 0.717) is 11.6 Å². The zero-order chi connectivity index (χ0) is 25.7. The standard InChI is InChI=1S/C28H34ClFN4O2/c1-21-18-32(19-23-3-8-27(30)9-4-23)13-16-34(21)28(36)10-6-24-5-7-26(29)17-25(24)20-31-11-14-33(15-12-31)22(2)35/h3-10,17,21H,11-16,18-20H2,1-2H3. The fourth-order valence-electron chi connectivity index (χ4n) is 4.94. The Kier molecular flexibility index (Phi) is 8.77. The van der Waals surface area contributed by atoms with Gasteiger partial charge >= 0.3 is 0 Å². The van der Waals surface area contributed by atoms with Gasteiger partial charge in [-0.1, -0.05) is 29.8 Å². The Labute approximate surface area is 217 Å². The number of amides is 2. The third-order valence-corrected chi connectivity index (χ3v) is 7.27. The Bertz CT molecular complexity index is 1100. The number of rotatable bonds is 6. The van der Waals surface area contributed by atoms with E-state index in [4.69, 9.17) is 11.6 Å². The van der Waals surface area contributed by atoms with Gasteiger partial charge in [0.15, 0.2) is 0 Å². The molecule has 6 nitrogen and oxygen atoms in total. The first kappa shape index (κ1) is 26.3. The van der Waals surface area contributed by atoms with E-state index >= 15 is 0 Å². The van der Waals surface area contributed by atoms with E-state index in [9.17, 15) is 14.0 Å². The first-order valence-corrected chi connectivity index (χ1v) is 12.9. The van der Waals surface area contributed by atoms with Gasteiger partial charge in [-0.05, 0) is 54.0 Å². The highest BCUT2D eigenvalue weighted by Crippen LogP contribution is 2.21. The van der Waals surface area contributed by atoms with E-state index < -0.39 is 0 Å². The number of halogens is 2. The quantitative estimate of drug-likeness (QED) is 0.551. The van der Waals surface area contributed by atoms with Crippen LogP contribution in [-0.4, -0.2) is 83.3 Å². The molecule has 0 bridgehead atoms. The van der Waals surface area contributed by atoms with Crippen molar-refractivity contribution in [2.75, 3.05) is 45.8 Å². The second-order valence-electron chi connectivity index (χ2n) is 9.70. The number of carbonyl (C=O) groups is 2. The predicted molar refractivity (Wildman–Crippen MR) is 141 cm³/mol. The van der Waals surface area contributed by atoms with Crippen molar-refractivity contribution >= 4 is 29.5 Å². The number of hydrogen-bond acceptors (Lipinski definition) is 4. The smallest absolute Gasteiger partial charge is 0.246 e. The molecule has 2 saturated heterocycles. The average molecular weight is 513 g/mol. The number of piperazine rings is 2. The number of nitrogens with zero attached hydrogens (tertiary/aromatic N) is 4. The molecular formula is C28H34ClFN4O2. The summed E-state index contributed by atoms with van der Waals surface area (Å²) in [5, 5.41) is 0.668. The molecule has 0 aliphatic carbocycles. The Morgan fingerprint density at radius 3 is 2.33 bits per heavy atom. The highest BCUT2D eigenvalue weighted by molar-refractivity contribution is 6.30. The van der Waals surface area contributed by atoms with Crippen molar-refractivity contribution in [2.45, 2.75) is 33.0 Å². The number of carbonyl (C=O) groups excluding carboxylic acids is 2. The maximum absolute atomic E-state index is 13.2. The van der Waals surface area contributed by atoms with Crippen LogP contribution in [0.4, 0.5) is 4.39 Å². The molecule has 2 amide bonds. The lowest BCUT2D eigenvalue weighted by Crippen LogP contribution is -2.53. The van der Waals surface area contributed by atoms with Gasteiger partial charge < -0.3 is 9.80 Å². The highest BCUT2D eigenvalue weighted by Gasteiger charge is 2.26. The molecule has 0 saturated carbocycles. The van der Waals surface area contributed by atoms with E-state index in [2.05, 4.69) is 16.7 Å². The van der Waals surface area contributed by atoms with Crippen LogP contribution in [-0.2, 0) is 22.7 Å². The number of benzene rings is 2. The monoisotopic (exact) mass is 512 g/mol. The van der Waals surface area contributed by atoms with Crippen LogP contribution in [0.2, 0.25) is 5.02 Å². The lowest BCUT2D eigenvalue weighted by atomic mass is 10.1. The summed E-state index contributed by atoms with van der Waals surface area (Å²) in [6.45, 7) is 10.4. The molecule has 2 fully saturated rings. The Morgan fingerprint density at radius 1 is 0.972 bits per heavy atom. The van der Waals surface area contributed by atoms with Gasteiger partial charge in [0.1, 0.15) is 5.82 Å². The molecule has 1 unspecified atom stereocenters. The van der Waals surface area contributed by atoms with E-state index in [1.807, 2.05) is 46.2 Å². The van der Waals surface area contributed by atoms with Crippen molar-refractivity contribution in [1.29, 1.82) is 0 Å². The minimum atomic E-state index is -0.228. The molecular weight excluding hydrogens is 479 g/mol. The van der Waals surface area contributed by atoms with Crippen LogP contribution < -0.4 is 0 Å². The lowest BCUT2D eigenvalue weighted by molar-refractivity contribution is -0.131. The molecule has 4 rings (SSSR count). The molecule has 2 aliphatic heterocycles. The molecule has 0 radical (unpaired) electrons. The number of hydrogen-bond donors (Lipinski definition) is 0. The Balaban J connectivity index is 1.35. The van der Waals surface area contributed by atoms with Crippen LogP contribution in [0.5, 0.6) is 0 Å². The van der Waals surface area contributed by atoms with E-state index in [-0.39, 0.29) is 23.7 Å². The van der Waals surface area contributed by atoms with Crippen molar-refractivity contribution in [3.63, 3.8) is 0 Å². The summed E-state index contributed by atoms with van der Waals surface area (Å²) in [7, 11) is 0. The van der Waals surface area contributed by atoms with Crippen LogP contribution in [0.3, 0.4) is 0 Å². The summed E-state index contributed by atoms with van der Waals surface area (Å²) in [5.74, 6) is -0.112. The van der Waals surface area contributed by atoms with E-state index in [1.165, 1.54) is 12.1 Å². The Morgan fingerprint density at radius 2 is 1.67 bits per heavy atom. The first-order valence-electron chi connectivity index (χ1n) is 12.5. The lowest BCUT2D eigenvalue weighted by Gasteiger charge is -2.39. The van der Waals surface area contributed by atoms with Gasteiger partial charge in [-0.3, -0.25) is 19.4 Å². The summed E-state index contributed by atoms with van der Waals surface area (Å²) in [4.78, 5) is 33.1. The zero-order valence-corrected chi connectivity index (χ0v) is 21.8. The van der Waals surface area contributed by atoms with Gasteiger partial charge in [0.05, 0.1) is 0 Å². The average Bonchev–Trinajstić information content (AvgIpc) is 2.85. The molecule has 0 N–H and O–H groups in total. The van der Waals surface area contributed by atoms with Crippen molar-refractivity contribution < 1.29 is 14.0 Å². The van der Waals surface area contributed by atoms with Crippen molar-refractivity contribution in [3.05, 3.63) is 76.1 Å². The minimum absolute atomic E-state index is 0.0000882. The fraction of sp³-hybridized carbons (Fsp3) is 0.429. The summed E-state index contributed by atoms with van der Waals surface area (Å²) in [6.07, 6.45) is 3.55. The molecule has 1 atom stereocenters. The van der Waals surface area contributed by atoms with Crippen molar-refractivity contribution in [2.24, 2.45) is 0 Å². The van der Waals surface area contributed by atoms with Gasteiger partial charge in [0, 0.05) is 83.0 Å². The first-order chi connectivity index (χ1) is 17.3. The van der Waals surface area contributed by atoms with Crippen LogP contribution in [0.25, 0.3) is 6.08 Å². The molecule has 2 aromatic rings. The van der Waals surface area contributed by atoms with Crippen LogP contribution in [0, 0.1) is 5.82 Å². The van der Waals surface area contributed by atoms with Crippen LogP contribution in [0.15, 0.2) is 48.5 Å². The largest absolute Gasteiger partial charge is 0.340 e. The minimum Gasteiger partial charge on any atom is -0.340 e. The summed E-state index contributed by atoms with van der Waals surface area (Å²) in [5.41, 5.74) is 3.12. The molecule has 2 aliphatic rings. The van der Waals surface area contributed by atoms with Gasteiger partial charge in [-0.2, -0.15) is 0 Å². The summed E-state index contributed by atoms with van der Waals surface area (Å²) >= 11 is 6.29. The topological polar surface area (TPSA) is 47.1 Å². The Hall–Kier alpha value is -2.74. The highest BCUT2D eigenvalue weighted by atomic mass is 35.5. The van der Waals surface area contributed by atoms with E-state index in [1.54, 1.807) is 13.0 Å². The second kappa shape index (κ2) is 12.0. The molecule has 0 aromatic heterocycles. The van der Waals surface area contributed by atoms with Crippen LogP contribution >= 0.6 is 11.6 Å². The zero-order valence-electron chi connectivity index (χ0n) is 21.0. The third-order valence-electron chi connectivity index (χ3n) is 7.04. The van der Waals surface area contributed by atoms with E-state index in [0.717, 1.165) is 69.0 Å². The SMILES string of the molecule is CC(=O)N1CCN(Cc2cc(Cl)ccc2C=CC(=O)N2CCN(Cc3ccc(F)cc3)CC2C)CC1. The van der Waals surface area contributed by atoms with Gasteiger partial charge in [0.2, 0.25) is 11.8 Å². The third kappa shape index (κ3) is 6.93. The normalized spacial score (nSPS) is 19.7. The summed E-state index contributed by atoms with van der Waals surface area (Å²) < 4.78 is 13.2. The van der Waals surface area contributed by atoms with Crippen molar-refractivity contribution in [3.8, 4) is 0 Å². The fourth-order valence-corrected chi connectivity index (χ4v) is 5.14.